The van der Waals surface area contributed by atoms with Crippen LogP contribution in [0.1, 0.15) is 20.9 Å². The van der Waals surface area contributed by atoms with Gasteiger partial charge in [-0.15, -0.1) is 0 Å². The predicted octanol–water partition coefficient (Wildman–Crippen LogP) is 4.07. The molecule has 3 rings (SSSR count). The summed E-state index contributed by atoms with van der Waals surface area (Å²) in [5.41, 5.74) is 2.05. The number of nitrogens with zero attached hydrogens (tertiary/aromatic N) is 2. The lowest BCUT2D eigenvalue weighted by Gasteiger charge is -2.05. The number of hydrogen-bond donors (Lipinski definition) is 3. The van der Waals surface area contributed by atoms with Crippen LogP contribution in [-0.4, -0.2) is 21.9 Å². The predicted molar refractivity (Wildman–Crippen MR) is 106 cm³/mol. The van der Waals surface area contributed by atoms with E-state index in [2.05, 4.69) is 25.9 Å². The first kappa shape index (κ1) is 18.8. The van der Waals surface area contributed by atoms with Crippen LogP contribution in [0.25, 0.3) is 0 Å². The summed E-state index contributed by atoms with van der Waals surface area (Å²) in [5.74, 6) is -0.245. The van der Waals surface area contributed by atoms with E-state index in [0.29, 0.717) is 33.0 Å². The molecule has 0 atom stereocenters. The quantitative estimate of drug-likeness (QED) is 0.600. The molecule has 2 aromatic heterocycles. The summed E-state index contributed by atoms with van der Waals surface area (Å²) in [4.78, 5) is 33.1. The second-order valence-corrected chi connectivity index (χ2v) is 7.00. The molecule has 9 heteroatoms. The number of halogens is 1. The summed E-state index contributed by atoms with van der Waals surface area (Å²) in [6.07, 6.45) is 3.33. The number of aryl methyl sites for hydroxylation is 1. The van der Waals surface area contributed by atoms with Gasteiger partial charge in [-0.05, 0) is 42.8 Å². The van der Waals surface area contributed by atoms with Crippen LogP contribution >= 0.6 is 22.9 Å². The highest BCUT2D eigenvalue weighted by Gasteiger charge is 2.16. The van der Waals surface area contributed by atoms with E-state index in [9.17, 15) is 9.59 Å². The number of anilines is 2. The zero-order valence-corrected chi connectivity index (χ0v) is 15.9. The molecule has 27 heavy (non-hydrogen) atoms. The van der Waals surface area contributed by atoms with Crippen molar-refractivity contribution in [2.45, 2.75) is 13.5 Å². The van der Waals surface area contributed by atoms with Gasteiger partial charge in [0.05, 0.1) is 5.69 Å². The maximum Gasteiger partial charge on any atom is 0.325 e. The fourth-order valence-corrected chi connectivity index (χ4v) is 3.32. The van der Waals surface area contributed by atoms with Crippen molar-refractivity contribution in [1.82, 2.24) is 15.3 Å². The molecule has 0 radical (unpaired) electrons. The van der Waals surface area contributed by atoms with Gasteiger partial charge in [0.2, 0.25) is 0 Å². The van der Waals surface area contributed by atoms with E-state index in [1.165, 1.54) is 0 Å². The van der Waals surface area contributed by atoms with Gasteiger partial charge in [0, 0.05) is 29.6 Å². The third kappa shape index (κ3) is 5.25. The van der Waals surface area contributed by atoms with Crippen LogP contribution in [0.4, 0.5) is 15.6 Å². The Bertz CT molecular complexity index is 961. The highest BCUT2D eigenvalue weighted by atomic mass is 35.5. The topological polar surface area (TPSA) is 96.0 Å². The number of aromatic nitrogens is 2. The minimum absolute atomic E-state index is 0.245. The van der Waals surface area contributed by atoms with Crippen LogP contribution in [0.2, 0.25) is 5.02 Å². The molecule has 1 aromatic carbocycles. The molecule has 3 amide bonds. The lowest BCUT2D eigenvalue weighted by molar-refractivity contribution is 0.0954. The lowest BCUT2D eigenvalue weighted by Crippen LogP contribution is -2.22. The number of benzene rings is 1. The maximum absolute atomic E-state index is 12.4. The minimum atomic E-state index is -0.463. The van der Waals surface area contributed by atoms with Crippen molar-refractivity contribution < 1.29 is 9.59 Å². The first-order valence-electron chi connectivity index (χ1n) is 7.99. The molecule has 3 N–H and O–H groups in total. The molecular weight excluding hydrogens is 386 g/mol. The molecule has 7 nitrogen and oxygen atoms in total. The van der Waals surface area contributed by atoms with E-state index in [4.69, 9.17) is 11.6 Å². The Morgan fingerprint density at radius 2 is 1.93 bits per heavy atom. The van der Waals surface area contributed by atoms with Crippen molar-refractivity contribution in [2.24, 2.45) is 0 Å². The minimum Gasteiger partial charge on any atom is -0.347 e. The summed E-state index contributed by atoms with van der Waals surface area (Å²) in [5, 5.41) is 8.97. The summed E-state index contributed by atoms with van der Waals surface area (Å²) >= 11 is 7.00. The fourth-order valence-electron chi connectivity index (χ4n) is 2.25. The van der Waals surface area contributed by atoms with Crippen LogP contribution < -0.4 is 16.0 Å². The van der Waals surface area contributed by atoms with Crippen molar-refractivity contribution >= 4 is 45.7 Å². The number of urea groups is 1. The Hall–Kier alpha value is -2.97. The van der Waals surface area contributed by atoms with Crippen LogP contribution in [0.3, 0.4) is 0 Å². The van der Waals surface area contributed by atoms with Gasteiger partial charge in [0.1, 0.15) is 4.88 Å². The number of nitrogens with one attached hydrogen (secondary N) is 3. The Labute approximate surface area is 164 Å². The van der Waals surface area contributed by atoms with Crippen molar-refractivity contribution in [3.63, 3.8) is 0 Å². The van der Waals surface area contributed by atoms with Crippen molar-refractivity contribution in [3.8, 4) is 0 Å². The average molecular weight is 402 g/mol. The summed E-state index contributed by atoms with van der Waals surface area (Å²) in [6, 6.07) is 9.99. The average Bonchev–Trinajstić information content (AvgIpc) is 3.00. The smallest absolute Gasteiger partial charge is 0.325 e. The number of amides is 3. The van der Waals surface area contributed by atoms with Gasteiger partial charge >= 0.3 is 6.03 Å². The van der Waals surface area contributed by atoms with Crippen molar-refractivity contribution in [1.29, 1.82) is 0 Å². The highest BCUT2D eigenvalue weighted by molar-refractivity contribution is 7.17. The summed E-state index contributed by atoms with van der Waals surface area (Å²) in [6.45, 7) is 2.11. The van der Waals surface area contributed by atoms with E-state index < -0.39 is 6.03 Å². The molecule has 0 aliphatic heterocycles. The maximum atomic E-state index is 12.4. The Kier molecular flexibility index (Phi) is 6.00. The van der Waals surface area contributed by atoms with Gasteiger partial charge in [-0.2, -0.15) is 0 Å². The highest BCUT2D eigenvalue weighted by Crippen LogP contribution is 2.23. The third-order valence-corrected chi connectivity index (χ3v) is 4.81. The van der Waals surface area contributed by atoms with E-state index in [1.807, 2.05) is 12.1 Å². The zero-order valence-electron chi connectivity index (χ0n) is 14.3. The monoisotopic (exact) mass is 401 g/mol. The number of pyridine rings is 1. The van der Waals surface area contributed by atoms with E-state index >= 15 is 0 Å². The number of rotatable bonds is 5. The molecule has 0 spiro atoms. The molecule has 0 saturated heterocycles. The van der Waals surface area contributed by atoms with Gasteiger partial charge < -0.3 is 10.6 Å². The molecule has 0 unspecified atom stereocenters. The van der Waals surface area contributed by atoms with Crippen LogP contribution in [0, 0.1) is 6.92 Å². The third-order valence-electron chi connectivity index (χ3n) is 3.51. The van der Waals surface area contributed by atoms with Gasteiger partial charge in [0.15, 0.2) is 5.13 Å². The number of thiazole rings is 1. The summed E-state index contributed by atoms with van der Waals surface area (Å²) < 4.78 is 0. The molecule has 0 aliphatic rings. The number of carbonyl (C=O) groups is 2. The normalized spacial score (nSPS) is 10.3. The van der Waals surface area contributed by atoms with Crippen molar-refractivity contribution in [3.05, 3.63) is 69.9 Å². The van der Waals surface area contributed by atoms with E-state index in [-0.39, 0.29) is 5.91 Å². The molecule has 0 bridgehead atoms. The molecule has 2 heterocycles. The van der Waals surface area contributed by atoms with Gasteiger partial charge in [0.25, 0.3) is 5.91 Å². The largest absolute Gasteiger partial charge is 0.347 e. The fraction of sp³-hybridized carbons (Fsp3) is 0.111. The van der Waals surface area contributed by atoms with Crippen LogP contribution in [-0.2, 0) is 6.54 Å². The second kappa shape index (κ2) is 8.61. The Morgan fingerprint density at radius 1 is 1.15 bits per heavy atom. The molecular formula is C18H16ClN5O2S. The molecule has 0 fully saturated rings. The van der Waals surface area contributed by atoms with Gasteiger partial charge in [-0.25, -0.2) is 9.78 Å². The van der Waals surface area contributed by atoms with Gasteiger partial charge in [-0.1, -0.05) is 29.0 Å². The van der Waals surface area contributed by atoms with Crippen LogP contribution in [0.15, 0.2) is 48.8 Å². The number of carbonyl (C=O) groups excluding carboxylic acids is 2. The standard InChI is InChI=1S/C18H16ClN5O2S/c1-11-15(16(25)21-10-12-5-7-20-8-6-12)27-18(22-11)24-17(26)23-14-4-2-3-13(19)9-14/h2-9H,10H2,1H3,(H,21,25)(H2,22,23,24,26). The van der Waals surface area contributed by atoms with E-state index in [1.54, 1.807) is 43.6 Å². The zero-order chi connectivity index (χ0) is 19.2. The van der Waals surface area contributed by atoms with Crippen molar-refractivity contribution in [2.75, 3.05) is 10.6 Å². The Morgan fingerprint density at radius 3 is 2.67 bits per heavy atom. The second-order valence-electron chi connectivity index (χ2n) is 5.56. The molecule has 3 aromatic rings. The lowest BCUT2D eigenvalue weighted by atomic mass is 10.2. The van der Waals surface area contributed by atoms with Gasteiger partial charge in [-0.3, -0.25) is 15.1 Å². The molecule has 0 aliphatic carbocycles. The Balaban J connectivity index is 1.60. The first-order valence-corrected chi connectivity index (χ1v) is 9.19. The van der Waals surface area contributed by atoms with E-state index in [0.717, 1.165) is 16.9 Å². The van der Waals surface area contributed by atoms with Crippen LogP contribution in [0.5, 0.6) is 0 Å². The first-order chi connectivity index (χ1) is 13.0. The molecule has 138 valence electrons. The summed E-state index contributed by atoms with van der Waals surface area (Å²) in [7, 11) is 0. The number of hydrogen-bond acceptors (Lipinski definition) is 5. The SMILES string of the molecule is Cc1nc(NC(=O)Nc2cccc(Cl)c2)sc1C(=O)NCc1ccncc1. The molecule has 0 saturated carbocycles.